The van der Waals surface area contributed by atoms with E-state index in [-0.39, 0.29) is 10.8 Å². The fraction of sp³-hybridized carbons (Fsp3) is 0.400. The third kappa shape index (κ3) is 3.29. The average molecular weight is 282 g/mol. The lowest BCUT2D eigenvalue weighted by Gasteiger charge is -2.27. The van der Waals surface area contributed by atoms with E-state index in [2.05, 4.69) is 53.7 Å². The highest BCUT2D eigenvalue weighted by atomic mass is 16.3. The second-order valence-electron chi connectivity index (χ2n) is 7.79. The van der Waals surface area contributed by atoms with Gasteiger partial charge in [0.1, 0.15) is 5.75 Å². The molecule has 1 N–H and O–H groups in total. The number of phenols is 1. The van der Waals surface area contributed by atoms with Crippen LogP contribution in [0.15, 0.2) is 42.5 Å². The van der Waals surface area contributed by atoms with Crippen molar-refractivity contribution in [2.75, 3.05) is 0 Å². The van der Waals surface area contributed by atoms with Crippen LogP contribution in [0, 0.1) is 0 Å². The molecule has 0 unspecified atom stereocenters. The van der Waals surface area contributed by atoms with E-state index in [1.165, 1.54) is 5.56 Å². The van der Waals surface area contributed by atoms with Crippen LogP contribution in [-0.2, 0) is 10.8 Å². The standard InChI is InChI=1S/C20H26O/c1-19(2,3)15-12-16(14-10-8-7-9-11-14)18(21)17(13-15)20(4,5)6/h7-13,21H,1-6H3. The summed E-state index contributed by atoms with van der Waals surface area (Å²) < 4.78 is 0. The monoisotopic (exact) mass is 282 g/mol. The molecule has 0 atom stereocenters. The van der Waals surface area contributed by atoms with Crippen molar-refractivity contribution in [3.05, 3.63) is 53.6 Å². The molecule has 21 heavy (non-hydrogen) atoms. The number of benzene rings is 2. The normalized spacial score (nSPS) is 12.5. The highest BCUT2D eigenvalue weighted by Crippen LogP contribution is 2.41. The van der Waals surface area contributed by atoms with E-state index in [0.29, 0.717) is 5.75 Å². The molecule has 0 amide bonds. The summed E-state index contributed by atoms with van der Waals surface area (Å²) in [6, 6.07) is 14.4. The van der Waals surface area contributed by atoms with Crippen LogP contribution in [0.4, 0.5) is 0 Å². The minimum atomic E-state index is -0.0884. The summed E-state index contributed by atoms with van der Waals surface area (Å²) in [7, 11) is 0. The lowest BCUT2D eigenvalue weighted by molar-refractivity contribution is 0.446. The molecule has 1 nitrogen and oxygen atoms in total. The van der Waals surface area contributed by atoms with Gasteiger partial charge in [0.2, 0.25) is 0 Å². The van der Waals surface area contributed by atoms with Crippen LogP contribution in [0.2, 0.25) is 0 Å². The van der Waals surface area contributed by atoms with E-state index < -0.39 is 0 Å². The minimum Gasteiger partial charge on any atom is -0.507 e. The zero-order valence-electron chi connectivity index (χ0n) is 14.0. The van der Waals surface area contributed by atoms with E-state index in [0.717, 1.165) is 16.7 Å². The Morgan fingerprint density at radius 3 is 1.81 bits per heavy atom. The molecule has 0 fully saturated rings. The summed E-state index contributed by atoms with van der Waals surface area (Å²) in [5, 5.41) is 10.8. The van der Waals surface area contributed by atoms with Gasteiger partial charge >= 0.3 is 0 Å². The Balaban J connectivity index is 2.76. The average Bonchev–Trinajstić information content (AvgIpc) is 2.37. The molecular weight excluding hydrogens is 256 g/mol. The predicted molar refractivity (Wildman–Crippen MR) is 90.9 cm³/mol. The van der Waals surface area contributed by atoms with Crippen molar-refractivity contribution in [2.45, 2.75) is 52.4 Å². The van der Waals surface area contributed by atoms with Gasteiger partial charge < -0.3 is 5.11 Å². The fourth-order valence-corrected chi connectivity index (χ4v) is 2.48. The first-order valence-electron chi connectivity index (χ1n) is 7.54. The number of hydrogen-bond acceptors (Lipinski definition) is 1. The Labute approximate surface area is 128 Å². The fourth-order valence-electron chi connectivity index (χ4n) is 2.48. The first-order chi connectivity index (χ1) is 9.60. The van der Waals surface area contributed by atoms with Crippen molar-refractivity contribution in [1.29, 1.82) is 0 Å². The molecule has 0 aliphatic heterocycles. The number of rotatable bonds is 1. The van der Waals surface area contributed by atoms with Crippen molar-refractivity contribution in [2.24, 2.45) is 0 Å². The molecule has 0 aliphatic carbocycles. The molecule has 0 aliphatic rings. The highest BCUT2D eigenvalue weighted by Gasteiger charge is 2.25. The Bertz CT molecular complexity index is 625. The van der Waals surface area contributed by atoms with Crippen molar-refractivity contribution in [3.63, 3.8) is 0 Å². The van der Waals surface area contributed by atoms with Crippen LogP contribution >= 0.6 is 0 Å². The molecule has 0 spiro atoms. The Morgan fingerprint density at radius 1 is 0.762 bits per heavy atom. The van der Waals surface area contributed by atoms with Crippen LogP contribution in [0.25, 0.3) is 11.1 Å². The zero-order valence-corrected chi connectivity index (χ0v) is 14.0. The van der Waals surface area contributed by atoms with Gasteiger partial charge in [-0.25, -0.2) is 0 Å². The van der Waals surface area contributed by atoms with Gasteiger partial charge in [-0.15, -0.1) is 0 Å². The molecule has 0 aromatic heterocycles. The van der Waals surface area contributed by atoms with Gasteiger partial charge in [-0.3, -0.25) is 0 Å². The molecule has 0 saturated heterocycles. The van der Waals surface area contributed by atoms with Gasteiger partial charge in [0, 0.05) is 11.1 Å². The van der Waals surface area contributed by atoms with Gasteiger partial charge in [0.25, 0.3) is 0 Å². The topological polar surface area (TPSA) is 20.2 Å². The van der Waals surface area contributed by atoms with E-state index in [4.69, 9.17) is 0 Å². The number of aromatic hydroxyl groups is 1. The van der Waals surface area contributed by atoms with Crippen LogP contribution in [0.1, 0.15) is 52.7 Å². The number of phenolic OH excluding ortho intramolecular Hbond substituents is 1. The summed E-state index contributed by atoms with van der Waals surface area (Å²) in [4.78, 5) is 0. The first-order valence-corrected chi connectivity index (χ1v) is 7.54. The second kappa shape index (κ2) is 5.22. The minimum absolute atomic E-state index is 0.0528. The summed E-state index contributed by atoms with van der Waals surface area (Å²) in [5.41, 5.74) is 4.21. The zero-order chi connectivity index (χ0) is 15.8. The third-order valence-corrected chi connectivity index (χ3v) is 3.87. The van der Waals surface area contributed by atoms with Crippen LogP contribution in [0.3, 0.4) is 0 Å². The smallest absolute Gasteiger partial charge is 0.127 e. The van der Waals surface area contributed by atoms with Gasteiger partial charge in [0.15, 0.2) is 0 Å². The van der Waals surface area contributed by atoms with Crippen LogP contribution in [0.5, 0.6) is 5.75 Å². The second-order valence-corrected chi connectivity index (χ2v) is 7.79. The SMILES string of the molecule is CC(C)(C)c1cc(-c2ccccc2)c(O)c(C(C)(C)C)c1. The van der Waals surface area contributed by atoms with Crippen molar-refractivity contribution in [3.8, 4) is 16.9 Å². The van der Waals surface area contributed by atoms with Gasteiger partial charge in [-0.2, -0.15) is 0 Å². The van der Waals surface area contributed by atoms with Crippen molar-refractivity contribution in [1.82, 2.24) is 0 Å². The Kier molecular flexibility index (Phi) is 3.88. The molecule has 2 aromatic carbocycles. The third-order valence-electron chi connectivity index (χ3n) is 3.87. The first kappa shape index (κ1) is 15.6. The van der Waals surface area contributed by atoms with E-state index in [1.807, 2.05) is 30.3 Å². The molecular formula is C20H26O. The van der Waals surface area contributed by atoms with E-state index >= 15 is 0 Å². The van der Waals surface area contributed by atoms with Crippen molar-refractivity contribution >= 4 is 0 Å². The molecule has 2 aromatic rings. The van der Waals surface area contributed by atoms with Gasteiger partial charge in [-0.1, -0.05) is 77.9 Å². The van der Waals surface area contributed by atoms with E-state index in [9.17, 15) is 5.11 Å². The summed E-state index contributed by atoms with van der Waals surface area (Å²) in [6.07, 6.45) is 0. The molecule has 0 saturated carbocycles. The maximum atomic E-state index is 10.8. The lowest BCUT2D eigenvalue weighted by Crippen LogP contribution is -2.17. The summed E-state index contributed by atoms with van der Waals surface area (Å²) in [6.45, 7) is 13.1. The van der Waals surface area contributed by atoms with E-state index in [1.54, 1.807) is 0 Å². The summed E-state index contributed by atoms with van der Waals surface area (Å²) in [5.74, 6) is 0.404. The van der Waals surface area contributed by atoms with Gasteiger partial charge in [0.05, 0.1) is 0 Å². The van der Waals surface area contributed by atoms with Crippen molar-refractivity contribution < 1.29 is 5.11 Å². The maximum Gasteiger partial charge on any atom is 0.127 e. The molecule has 2 rings (SSSR count). The van der Waals surface area contributed by atoms with Gasteiger partial charge in [-0.05, 0) is 28.0 Å². The highest BCUT2D eigenvalue weighted by molar-refractivity contribution is 5.73. The summed E-state index contributed by atoms with van der Waals surface area (Å²) >= 11 is 0. The molecule has 0 radical (unpaired) electrons. The Morgan fingerprint density at radius 2 is 1.33 bits per heavy atom. The number of hydrogen-bond donors (Lipinski definition) is 1. The Hall–Kier alpha value is -1.76. The largest absolute Gasteiger partial charge is 0.507 e. The quantitative estimate of drug-likeness (QED) is 0.716. The maximum absolute atomic E-state index is 10.8. The molecule has 1 heteroatoms. The van der Waals surface area contributed by atoms with Crippen LogP contribution < -0.4 is 0 Å². The molecule has 112 valence electrons. The predicted octanol–water partition coefficient (Wildman–Crippen LogP) is 5.65. The lowest BCUT2D eigenvalue weighted by atomic mass is 9.78. The molecule has 0 bridgehead atoms. The van der Waals surface area contributed by atoms with Crippen LogP contribution in [-0.4, -0.2) is 5.11 Å². The molecule has 0 heterocycles.